The second-order valence-electron chi connectivity index (χ2n) is 8.15. The third kappa shape index (κ3) is 4.76. The predicted molar refractivity (Wildman–Crippen MR) is 138 cm³/mol. The number of aryl methyl sites for hydroxylation is 1. The van der Waals surface area contributed by atoms with Crippen molar-refractivity contribution in [3.8, 4) is 11.5 Å². The van der Waals surface area contributed by atoms with Gasteiger partial charge in [-0.25, -0.2) is 4.68 Å². The van der Waals surface area contributed by atoms with Crippen LogP contribution in [-0.2, 0) is 16.1 Å². The minimum absolute atomic E-state index is 0.114. The Morgan fingerprint density at radius 3 is 2.58 bits per heavy atom. The van der Waals surface area contributed by atoms with E-state index in [-0.39, 0.29) is 19.0 Å². The molecule has 0 unspecified atom stereocenters. The molecule has 3 aromatic carbocycles. The molecule has 0 fully saturated rings. The van der Waals surface area contributed by atoms with Crippen LogP contribution in [0.2, 0.25) is 0 Å². The van der Waals surface area contributed by atoms with Gasteiger partial charge in [0.2, 0.25) is 6.79 Å². The summed E-state index contributed by atoms with van der Waals surface area (Å²) in [6.45, 7) is 2.14. The molecule has 1 aliphatic heterocycles. The van der Waals surface area contributed by atoms with Gasteiger partial charge in [0.15, 0.2) is 11.5 Å². The van der Waals surface area contributed by atoms with Crippen LogP contribution < -0.4 is 25.5 Å². The van der Waals surface area contributed by atoms with E-state index < -0.39 is 17.7 Å². The number of fused-ring (bicyclic) bond motifs is 2. The van der Waals surface area contributed by atoms with Crippen molar-refractivity contribution in [2.24, 2.45) is 0 Å². The molecule has 182 valence electrons. The summed E-state index contributed by atoms with van der Waals surface area (Å²) in [7, 11) is 0. The molecule has 1 aliphatic rings. The van der Waals surface area contributed by atoms with E-state index in [1.807, 2.05) is 31.2 Å². The number of nitrogens with one attached hydrogen (secondary N) is 3. The van der Waals surface area contributed by atoms with E-state index >= 15 is 0 Å². The van der Waals surface area contributed by atoms with Crippen molar-refractivity contribution < 1.29 is 23.9 Å². The molecule has 10 heteroatoms. The van der Waals surface area contributed by atoms with Gasteiger partial charge in [0, 0.05) is 22.1 Å². The van der Waals surface area contributed by atoms with Gasteiger partial charge in [0.1, 0.15) is 5.69 Å². The third-order valence-electron chi connectivity index (χ3n) is 5.70. The van der Waals surface area contributed by atoms with E-state index in [9.17, 15) is 14.4 Å². The number of ether oxygens (including phenoxy) is 2. The predicted octanol–water partition coefficient (Wildman–Crippen LogP) is 4.08. The first-order valence-corrected chi connectivity index (χ1v) is 11.8. The fourth-order valence-electron chi connectivity index (χ4n) is 3.84. The van der Waals surface area contributed by atoms with Crippen LogP contribution in [0, 0.1) is 6.92 Å². The smallest absolute Gasteiger partial charge is 0.328 e. The maximum Gasteiger partial charge on any atom is 0.328 e. The highest BCUT2D eigenvalue weighted by Crippen LogP contribution is 2.32. The number of carbonyl (C=O) groups is 3. The highest BCUT2D eigenvalue weighted by atomic mass is 79.9. The molecule has 0 spiro atoms. The van der Waals surface area contributed by atoms with Gasteiger partial charge in [0.25, 0.3) is 5.91 Å². The molecule has 2 heterocycles. The first-order valence-electron chi connectivity index (χ1n) is 11.0. The van der Waals surface area contributed by atoms with Crippen LogP contribution in [0.5, 0.6) is 11.5 Å². The highest BCUT2D eigenvalue weighted by Gasteiger charge is 2.22. The zero-order valence-electron chi connectivity index (χ0n) is 19.1. The maximum atomic E-state index is 13.2. The molecule has 1 aromatic heterocycles. The van der Waals surface area contributed by atoms with Gasteiger partial charge in [-0.2, -0.15) is 0 Å². The van der Waals surface area contributed by atoms with E-state index in [1.165, 1.54) is 4.68 Å². The van der Waals surface area contributed by atoms with Crippen LogP contribution in [-0.4, -0.2) is 29.2 Å². The number of carbonyl (C=O) groups excluding carboxylic acids is 3. The summed E-state index contributed by atoms with van der Waals surface area (Å²) >= 11 is 3.42. The van der Waals surface area contributed by atoms with Crippen molar-refractivity contribution in [3.05, 3.63) is 88.0 Å². The van der Waals surface area contributed by atoms with Crippen molar-refractivity contribution in [2.45, 2.75) is 13.5 Å². The summed E-state index contributed by atoms with van der Waals surface area (Å²) in [5.74, 6) is -0.985. The van der Waals surface area contributed by atoms with Gasteiger partial charge >= 0.3 is 11.8 Å². The van der Waals surface area contributed by atoms with Crippen LogP contribution in [0.1, 0.15) is 21.6 Å². The van der Waals surface area contributed by atoms with E-state index in [1.54, 1.807) is 42.5 Å². The number of aromatic nitrogens is 1. The van der Waals surface area contributed by atoms with Gasteiger partial charge in [-0.3, -0.25) is 19.8 Å². The molecular formula is C26H21BrN4O5. The lowest BCUT2D eigenvalue weighted by molar-refractivity contribution is -0.136. The van der Waals surface area contributed by atoms with Crippen molar-refractivity contribution in [1.82, 2.24) is 9.99 Å². The lowest BCUT2D eigenvalue weighted by Gasteiger charge is -2.13. The molecular weight excluding hydrogens is 528 g/mol. The molecule has 5 rings (SSSR count). The third-order valence-corrected chi connectivity index (χ3v) is 6.19. The summed E-state index contributed by atoms with van der Waals surface area (Å²) in [6, 6.07) is 19.6. The molecule has 0 saturated carbocycles. The number of rotatable bonds is 5. The maximum absolute atomic E-state index is 13.2. The average Bonchev–Trinajstić information content (AvgIpc) is 3.48. The minimum Gasteiger partial charge on any atom is -0.454 e. The molecule has 4 aromatic rings. The second kappa shape index (κ2) is 9.74. The number of nitrogens with zero attached hydrogens (tertiary/aromatic N) is 1. The van der Waals surface area contributed by atoms with Crippen LogP contribution in [0.4, 0.5) is 5.69 Å². The van der Waals surface area contributed by atoms with E-state index in [4.69, 9.17) is 9.47 Å². The molecule has 36 heavy (non-hydrogen) atoms. The Morgan fingerprint density at radius 1 is 0.944 bits per heavy atom. The highest BCUT2D eigenvalue weighted by molar-refractivity contribution is 9.10. The number of amides is 3. The molecule has 0 radical (unpaired) electrons. The zero-order chi connectivity index (χ0) is 25.2. The summed E-state index contributed by atoms with van der Waals surface area (Å²) in [5.41, 5.74) is 5.57. The topological polar surface area (TPSA) is 111 Å². The number of anilines is 1. The van der Waals surface area contributed by atoms with Crippen molar-refractivity contribution >= 4 is 50.2 Å². The second-order valence-corrected chi connectivity index (χ2v) is 9.06. The zero-order valence-corrected chi connectivity index (χ0v) is 20.7. The minimum atomic E-state index is -0.916. The fourth-order valence-corrected chi connectivity index (χ4v) is 4.22. The fraction of sp³-hybridized carbons (Fsp3) is 0.115. The van der Waals surface area contributed by atoms with Gasteiger partial charge in [0.05, 0.1) is 5.52 Å². The summed E-state index contributed by atoms with van der Waals surface area (Å²) in [6.07, 6.45) is 0. The average molecular weight is 549 g/mol. The number of hydrogen-bond donors (Lipinski definition) is 3. The summed E-state index contributed by atoms with van der Waals surface area (Å²) in [4.78, 5) is 38.5. The number of benzene rings is 3. The summed E-state index contributed by atoms with van der Waals surface area (Å²) < 4.78 is 12.7. The van der Waals surface area contributed by atoms with E-state index in [0.717, 1.165) is 15.6 Å². The number of halogens is 1. The van der Waals surface area contributed by atoms with Crippen LogP contribution in [0.25, 0.3) is 10.9 Å². The first kappa shape index (κ1) is 23.4. The molecule has 3 amide bonds. The largest absolute Gasteiger partial charge is 0.454 e. The van der Waals surface area contributed by atoms with Crippen molar-refractivity contribution in [2.75, 3.05) is 17.5 Å². The van der Waals surface area contributed by atoms with Crippen molar-refractivity contribution in [3.63, 3.8) is 0 Å². The number of hydrogen-bond acceptors (Lipinski definition) is 5. The van der Waals surface area contributed by atoms with Gasteiger partial charge in [-0.1, -0.05) is 40.2 Å². The Balaban J connectivity index is 1.35. The molecule has 0 saturated heterocycles. The van der Waals surface area contributed by atoms with Gasteiger partial charge < -0.3 is 20.1 Å². The Labute approximate surface area is 214 Å². The monoisotopic (exact) mass is 548 g/mol. The normalized spacial score (nSPS) is 11.8. The quantitative estimate of drug-likeness (QED) is 0.325. The SMILES string of the molecule is Cc1ccccc1NC(=O)c1cc2cc(Br)ccc2n1NC(=O)C(=O)NCc1ccc2c(c1)OCO2. The Bertz CT molecular complexity index is 1510. The molecule has 9 nitrogen and oxygen atoms in total. The number of para-hydroxylation sites is 1. The lowest BCUT2D eigenvalue weighted by Crippen LogP contribution is -2.39. The molecule has 0 atom stereocenters. The molecule has 0 aliphatic carbocycles. The Morgan fingerprint density at radius 2 is 1.75 bits per heavy atom. The van der Waals surface area contributed by atoms with E-state index in [2.05, 4.69) is 32.0 Å². The first-order chi connectivity index (χ1) is 17.4. The molecule has 3 N–H and O–H groups in total. The van der Waals surface area contributed by atoms with Crippen LogP contribution >= 0.6 is 15.9 Å². The summed E-state index contributed by atoms with van der Waals surface area (Å²) in [5, 5.41) is 6.16. The standard InChI is InChI=1S/C26H21BrN4O5/c1-15-4-2-3-5-19(15)29-24(32)21-12-17-11-18(27)7-8-20(17)31(21)30-26(34)25(33)28-13-16-6-9-22-23(10-16)36-14-35-22/h2-12H,13-14H2,1H3,(H,28,33)(H,29,32)(H,30,34). The Hall–Kier alpha value is -4.31. The van der Waals surface area contributed by atoms with Crippen LogP contribution in [0.3, 0.4) is 0 Å². The van der Waals surface area contributed by atoms with Crippen molar-refractivity contribution in [1.29, 1.82) is 0 Å². The van der Waals surface area contributed by atoms with Gasteiger partial charge in [-0.05, 0) is 60.5 Å². The lowest BCUT2D eigenvalue weighted by atomic mass is 10.2. The van der Waals surface area contributed by atoms with Crippen LogP contribution in [0.15, 0.2) is 71.2 Å². The van der Waals surface area contributed by atoms with E-state index in [0.29, 0.717) is 28.1 Å². The molecule has 0 bridgehead atoms. The van der Waals surface area contributed by atoms with Gasteiger partial charge in [-0.15, -0.1) is 0 Å². The Kier molecular flexibility index (Phi) is 6.34.